The first-order valence-electron chi connectivity index (χ1n) is 10.3. The number of esters is 2. The molecule has 0 heterocycles. The van der Waals surface area contributed by atoms with Gasteiger partial charge < -0.3 is 9.47 Å². The minimum Gasteiger partial charge on any atom is -0.462 e. The molecule has 0 amide bonds. The normalized spacial score (nSPS) is 19.4. The Morgan fingerprint density at radius 3 is 2.11 bits per heavy atom. The van der Waals surface area contributed by atoms with Crippen LogP contribution in [0.15, 0.2) is 0 Å². The molecule has 1 saturated carbocycles. The molecule has 27 heavy (non-hydrogen) atoms. The van der Waals surface area contributed by atoms with E-state index in [9.17, 15) is 14.0 Å². The number of rotatable bonds is 9. The van der Waals surface area contributed by atoms with E-state index in [0.717, 1.165) is 25.7 Å². The third-order valence-corrected chi connectivity index (χ3v) is 5.82. The summed E-state index contributed by atoms with van der Waals surface area (Å²) in [7, 11) is 0. The van der Waals surface area contributed by atoms with Gasteiger partial charge in [-0.1, -0.05) is 48.0 Å². The zero-order valence-corrected chi connectivity index (χ0v) is 18.3. The third-order valence-electron chi connectivity index (χ3n) is 5.82. The molecular formula is C22H39FO4. The van der Waals surface area contributed by atoms with Gasteiger partial charge in [0.15, 0.2) is 0 Å². The van der Waals surface area contributed by atoms with Gasteiger partial charge in [-0.3, -0.25) is 9.59 Å². The van der Waals surface area contributed by atoms with Gasteiger partial charge >= 0.3 is 11.9 Å². The lowest BCUT2D eigenvalue weighted by Crippen LogP contribution is -2.41. The Bertz CT molecular complexity index is 499. The Kier molecular flexibility index (Phi) is 8.31. The molecule has 0 aromatic rings. The lowest BCUT2D eigenvalue weighted by Gasteiger charge is -2.38. The maximum absolute atomic E-state index is 13.2. The largest absolute Gasteiger partial charge is 0.462 e. The van der Waals surface area contributed by atoms with Crippen molar-refractivity contribution >= 4 is 11.9 Å². The van der Waals surface area contributed by atoms with Crippen molar-refractivity contribution in [3.63, 3.8) is 0 Å². The summed E-state index contributed by atoms with van der Waals surface area (Å²) in [5.74, 6) is -0.959. The molecule has 2 unspecified atom stereocenters. The average molecular weight is 387 g/mol. The van der Waals surface area contributed by atoms with Gasteiger partial charge in [-0.25, -0.2) is 4.39 Å². The second kappa shape index (κ2) is 9.38. The quantitative estimate of drug-likeness (QED) is 0.482. The van der Waals surface area contributed by atoms with E-state index < -0.39 is 17.7 Å². The molecule has 0 bridgehead atoms. The molecular weight excluding hydrogens is 347 g/mol. The lowest BCUT2D eigenvalue weighted by molar-refractivity contribution is -0.175. The Morgan fingerprint density at radius 2 is 1.67 bits per heavy atom. The molecule has 0 spiro atoms. The van der Waals surface area contributed by atoms with Crippen LogP contribution in [0.25, 0.3) is 0 Å². The SMILES string of the molecule is CCC(C)(C)CC(C(=O)OC1(CC(=O)OCC(C)F)CCCC1)C(C)(C)C. The fraction of sp³-hybridized carbons (Fsp3) is 0.909. The third kappa shape index (κ3) is 7.79. The highest BCUT2D eigenvalue weighted by Gasteiger charge is 2.44. The maximum atomic E-state index is 13.2. The van der Waals surface area contributed by atoms with Crippen LogP contribution in [0.1, 0.15) is 93.4 Å². The second-order valence-corrected chi connectivity index (χ2v) is 10.1. The minimum absolute atomic E-state index is 0.0134. The molecule has 1 fully saturated rings. The molecule has 4 nitrogen and oxygen atoms in total. The molecule has 0 N–H and O–H groups in total. The number of ether oxygens (including phenoxy) is 2. The number of carbonyl (C=O) groups is 2. The molecule has 1 rings (SSSR count). The van der Waals surface area contributed by atoms with Gasteiger partial charge in [0, 0.05) is 0 Å². The zero-order valence-electron chi connectivity index (χ0n) is 18.3. The van der Waals surface area contributed by atoms with Crippen LogP contribution in [0.5, 0.6) is 0 Å². The van der Waals surface area contributed by atoms with Crippen molar-refractivity contribution in [3.8, 4) is 0 Å². The molecule has 1 aliphatic rings. The highest BCUT2D eigenvalue weighted by molar-refractivity contribution is 5.76. The van der Waals surface area contributed by atoms with Gasteiger partial charge in [-0.15, -0.1) is 0 Å². The standard InChI is InChI=1S/C22H39FO4/c1-8-21(6,7)13-17(20(3,4)5)19(25)27-22(11-9-10-12-22)14-18(24)26-15-16(2)23/h16-17H,8-15H2,1-7H3. The van der Waals surface area contributed by atoms with Crippen LogP contribution in [-0.2, 0) is 19.1 Å². The monoisotopic (exact) mass is 386 g/mol. The Hall–Kier alpha value is -1.13. The first-order valence-corrected chi connectivity index (χ1v) is 10.3. The van der Waals surface area contributed by atoms with E-state index in [1.54, 1.807) is 0 Å². The van der Waals surface area contributed by atoms with Crippen LogP contribution in [0, 0.1) is 16.7 Å². The summed E-state index contributed by atoms with van der Waals surface area (Å²) < 4.78 is 24.0. The summed E-state index contributed by atoms with van der Waals surface area (Å²) in [5, 5.41) is 0. The van der Waals surface area contributed by atoms with E-state index in [2.05, 4.69) is 41.5 Å². The zero-order chi connectivity index (χ0) is 20.9. The molecule has 0 saturated heterocycles. The second-order valence-electron chi connectivity index (χ2n) is 10.1. The smallest absolute Gasteiger partial charge is 0.310 e. The van der Waals surface area contributed by atoms with Crippen LogP contribution in [0.4, 0.5) is 4.39 Å². The molecule has 2 atom stereocenters. The minimum atomic E-state index is -1.20. The van der Waals surface area contributed by atoms with Gasteiger partial charge in [-0.2, -0.15) is 0 Å². The van der Waals surface area contributed by atoms with Gasteiger partial charge in [0.05, 0.1) is 12.3 Å². The number of hydrogen-bond donors (Lipinski definition) is 0. The Morgan fingerprint density at radius 1 is 1.11 bits per heavy atom. The average Bonchev–Trinajstić information content (AvgIpc) is 2.97. The van der Waals surface area contributed by atoms with Gasteiger partial charge in [0.2, 0.25) is 0 Å². The summed E-state index contributed by atoms with van der Waals surface area (Å²) in [5.41, 5.74) is -0.989. The number of carbonyl (C=O) groups excluding carboxylic acids is 2. The van der Waals surface area contributed by atoms with Crippen molar-refractivity contribution in [2.75, 3.05) is 6.61 Å². The van der Waals surface area contributed by atoms with E-state index in [1.807, 2.05) is 0 Å². The molecule has 1 aliphatic carbocycles. The number of halogens is 1. The van der Waals surface area contributed by atoms with Crippen LogP contribution >= 0.6 is 0 Å². The van der Waals surface area contributed by atoms with Crippen LogP contribution in [-0.4, -0.2) is 30.3 Å². The number of hydrogen-bond acceptors (Lipinski definition) is 4. The number of alkyl halides is 1. The Balaban J connectivity index is 2.89. The maximum Gasteiger partial charge on any atom is 0.310 e. The summed E-state index contributed by atoms with van der Waals surface area (Å²) in [6.45, 7) is 13.7. The van der Waals surface area contributed by atoms with Crippen molar-refractivity contribution < 1.29 is 23.5 Å². The Labute approximate surface area is 164 Å². The van der Waals surface area contributed by atoms with Crippen molar-refractivity contribution in [2.24, 2.45) is 16.7 Å². The molecule has 0 aliphatic heterocycles. The topological polar surface area (TPSA) is 52.6 Å². The van der Waals surface area contributed by atoms with Crippen LogP contribution < -0.4 is 0 Å². The van der Waals surface area contributed by atoms with Crippen molar-refractivity contribution in [3.05, 3.63) is 0 Å². The first-order chi connectivity index (χ1) is 12.3. The summed E-state index contributed by atoms with van der Waals surface area (Å²) in [6, 6.07) is 0. The summed E-state index contributed by atoms with van der Waals surface area (Å²) in [4.78, 5) is 25.3. The summed E-state index contributed by atoms with van der Waals surface area (Å²) in [6.07, 6.45) is 3.69. The predicted molar refractivity (Wildman–Crippen MR) is 105 cm³/mol. The highest BCUT2D eigenvalue weighted by Crippen LogP contribution is 2.42. The van der Waals surface area contributed by atoms with Gasteiger partial charge in [-0.05, 0) is 49.9 Å². The van der Waals surface area contributed by atoms with E-state index >= 15 is 0 Å². The van der Waals surface area contributed by atoms with Crippen LogP contribution in [0.2, 0.25) is 0 Å². The highest BCUT2D eigenvalue weighted by atomic mass is 19.1. The van der Waals surface area contributed by atoms with E-state index in [-0.39, 0.29) is 35.7 Å². The molecule has 158 valence electrons. The van der Waals surface area contributed by atoms with Crippen molar-refractivity contribution in [1.29, 1.82) is 0 Å². The van der Waals surface area contributed by atoms with Crippen molar-refractivity contribution in [2.45, 2.75) is 105 Å². The molecule has 0 aromatic carbocycles. The molecule has 0 radical (unpaired) electrons. The van der Waals surface area contributed by atoms with E-state index in [4.69, 9.17) is 9.47 Å². The summed E-state index contributed by atoms with van der Waals surface area (Å²) >= 11 is 0. The molecule has 5 heteroatoms. The van der Waals surface area contributed by atoms with Gasteiger partial charge in [0.25, 0.3) is 0 Å². The van der Waals surface area contributed by atoms with E-state index in [1.165, 1.54) is 6.92 Å². The fourth-order valence-corrected chi connectivity index (χ4v) is 3.58. The van der Waals surface area contributed by atoms with E-state index in [0.29, 0.717) is 12.8 Å². The molecule has 0 aromatic heterocycles. The predicted octanol–water partition coefficient (Wildman–Crippen LogP) is 5.62. The first kappa shape index (κ1) is 23.9. The van der Waals surface area contributed by atoms with Crippen molar-refractivity contribution in [1.82, 2.24) is 0 Å². The van der Waals surface area contributed by atoms with Gasteiger partial charge in [0.1, 0.15) is 18.4 Å². The fourth-order valence-electron chi connectivity index (χ4n) is 3.58. The van der Waals surface area contributed by atoms with Crippen LogP contribution in [0.3, 0.4) is 0 Å². The lowest BCUT2D eigenvalue weighted by atomic mass is 9.70.